The number of amides is 2. The maximum absolute atomic E-state index is 13.2. The molecule has 11 atom stereocenters. The average molecular weight is 630 g/mol. The minimum Gasteiger partial charge on any atom is -0.389 e. The Hall–Kier alpha value is -3.47. The summed E-state index contributed by atoms with van der Waals surface area (Å²) < 4.78 is 12.5. The lowest BCUT2D eigenvalue weighted by Gasteiger charge is -2.46. The van der Waals surface area contributed by atoms with E-state index in [1.54, 1.807) is 0 Å². The first-order valence-electron chi connectivity index (χ1n) is 13.9. The number of ether oxygens (including phenoxy) is 2. The number of carbonyl (C=O) groups is 2. The molecule has 0 bridgehead atoms. The van der Waals surface area contributed by atoms with E-state index in [0.29, 0.717) is 0 Å². The first-order chi connectivity index (χ1) is 20.7. The normalized spacial score (nSPS) is 32.8. The molecule has 1 aromatic rings. The van der Waals surface area contributed by atoms with Crippen molar-refractivity contribution in [3.05, 3.63) is 22.7 Å². The van der Waals surface area contributed by atoms with Crippen LogP contribution in [0, 0.1) is 0 Å². The molecule has 0 radical (unpaired) electrons. The number of rotatable bonds is 12. The molecular formula is C24H43N11O9. The Morgan fingerprint density at radius 3 is 2.48 bits per heavy atom. The second-order valence-electron chi connectivity index (χ2n) is 10.8. The van der Waals surface area contributed by atoms with E-state index in [-0.39, 0.29) is 44.1 Å². The molecule has 44 heavy (non-hydrogen) atoms. The summed E-state index contributed by atoms with van der Waals surface area (Å²) in [5.41, 5.74) is 33.2. The highest BCUT2D eigenvalue weighted by atomic mass is 16.7. The van der Waals surface area contributed by atoms with E-state index in [0.717, 1.165) is 4.57 Å². The van der Waals surface area contributed by atoms with Crippen LogP contribution >= 0.6 is 0 Å². The van der Waals surface area contributed by atoms with Crippen LogP contribution in [0.15, 0.2) is 22.1 Å². The van der Waals surface area contributed by atoms with E-state index in [2.05, 4.69) is 20.6 Å². The molecule has 248 valence electrons. The van der Waals surface area contributed by atoms with Crippen molar-refractivity contribution in [1.29, 1.82) is 0 Å². The molecule has 3 rings (SSSR count). The van der Waals surface area contributed by atoms with E-state index in [4.69, 9.17) is 43.9 Å². The van der Waals surface area contributed by atoms with E-state index in [9.17, 15) is 34.8 Å². The highest BCUT2D eigenvalue weighted by Gasteiger charge is 2.48. The van der Waals surface area contributed by atoms with Gasteiger partial charge in [0.05, 0.1) is 12.1 Å². The van der Waals surface area contributed by atoms with Crippen LogP contribution in [0.5, 0.6) is 0 Å². The summed E-state index contributed by atoms with van der Waals surface area (Å²) in [6.07, 6.45) is -7.98. The van der Waals surface area contributed by atoms with E-state index >= 15 is 0 Å². The van der Waals surface area contributed by atoms with Gasteiger partial charge in [-0.1, -0.05) is 0 Å². The summed E-state index contributed by atoms with van der Waals surface area (Å²) >= 11 is 0. The van der Waals surface area contributed by atoms with Gasteiger partial charge in [0, 0.05) is 31.4 Å². The van der Waals surface area contributed by atoms with Crippen molar-refractivity contribution in [2.45, 2.75) is 92.9 Å². The Bertz CT molecular complexity index is 1220. The van der Waals surface area contributed by atoms with Gasteiger partial charge < -0.3 is 74.9 Å². The third-order valence-corrected chi connectivity index (χ3v) is 7.42. The summed E-state index contributed by atoms with van der Waals surface area (Å²) in [4.78, 5) is 45.3. The van der Waals surface area contributed by atoms with Crippen LogP contribution in [0.25, 0.3) is 0 Å². The Morgan fingerprint density at radius 1 is 1.11 bits per heavy atom. The fourth-order valence-electron chi connectivity index (χ4n) is 4.92. The molecule has 20 heteroatoms. The standard InChI is InChI=1S/C24H43N11O9/c25-9-6-10(26)20(19(40)16(9)37)44-22-15(28)18(39)17(38)12(43-22)7-32-21(41)11(2-1-4-31-23(29)30)33-14(36)8-35-5-3-13(27)34-24(35)42/h3,5,9-12,15-20,22,37-40H,1-2,4,6-8,25-26,28H2,(H,32,41)(H,33,36)(H2,27,34,42)(H4,29,30,31)/t9-,10+,11?,12-,15-,16+,17?,18-,19-,20?,22-/m1/s1. The number of guanidine groups is 1. The molecule has 2 amide bonds. The van der Waals surface area contributed by atoms with Crippen molar-refractivity contribution < 1.29 is 39.5 Å². The number of aromatic nitrogens is 2. The first kappa shape index (κ1) is 35.0. The molecule has 1 aliphatic heterocycles. The van der Waals surface area contributed by atoms with Crippen molar-refractivity contribution >= 4 is 23.6 Å². The smallest absolute Gasteiger partial charge is 0.349 e. The molecule has 1 saturated carbocycles. The molecule has 0 spiro atoms. The summed E-state index contributed by atoms with van der Waals surface area (Å²) in [6, 6.07) is -2.66. The molecule has 0 aromatic carbocycles. The van der Waals surface area contributed by atoms with E-state index in [1.165, 1.54) is 12.3 Å². The number of hydrogen-bond donors (Lipinski definition) is 12. The van der Waals surface area contributed by atoms with Crippen LogP contribution in [0.2, 0.25) is 0 Å². The van der Waals surface area contributed by atoms with Crippen molar-refractivity contribution in [2.24, 2.45) is 33.7 Å². The molecule has 20 nitrogen and oxygen atoms in total. The second kappa shape index (κ2) is 15.5. The number of aliphatic imine (C=N–C) groups is 1. The fraction of sp³-hybridized carbons (Fsp3) is 0.708. The van der Waals surface area contributed by atoms with Crippen LogP contribution < -0.4 is 50.7 Å². The van der Waals surface area contributed by atoms with Crippen LogP contribution in [-0.4, -0.2) is 128 Å². The number of nitrogens with zero attached hydrogens (tertiary/aromatic N) is 3. The highest BCUT2D eigenvalue weighted by molar-refractivity contribution is 5.87. The minimum absolute atomic E-state index is 0.0194. The highest BCUT2D eigenvalue weighted by Crippen LogP contribution is 2.27. The van der Waals surface area contributed by atoms with Gasteiger partial charge in [-0.3, -0.25) is 19.1 Å². The van der Waals surface area contributed by atoms with Gasteiger partial charge in [0.1, 0.15) is 48.9 Å². The van der Waals surface area contributed by atoms with Crippen LogP contribution in [0.3, 0.4) is 0 Å². The van der Waals surface area contributed by atoms with E-state index in [1.807, 2.05) is 0 Å². The molecule has 1 aliphatic carbocycles. The predicted molar refractivity (Wildman–Crippen MR) is 154 cm³/mol. The molecule has 1 aromatic heterocycles. The summed E-state index contributed by atoms with van der Waals surface area (Å²) in [7, 11) is 0. The number of aliphatic hydroxyl groups excluding tert-OH is 4. The van der Waals surface area contributed by atoms with Crippen molar-refractivity contribution in [2.75, 3.05) is 18.8 Å². The van der Waals surface area contributed by atoms with Gasteiger partial charge in [0.2, 0.25) is 11.8 Å². The fourth-order valence-corrected chi connectivity index (χ4v) is 4.92. The maximum atomic E-state index is 13.2. The third kappa shape index (κ3) is 9.03. The lowest BCUT2D eigenvalue weighted by Crippen LogP contribution is -2.67. The van der Waals surface area contributed by atoms with Gasteiger partial charge in [-0.15, -0.1) is 0 Å². The summed E-state index contributed by atoms with van der Waals surface area (Å²) in [6.45, 7) is -0.657. The first-order valence-corrected chi connectivity index (χ1v) is 13.9. The van der Waals surface area contributed by atoms with Gasteiger partial charge in [-0.2, -0.15) is 4.98 Å². The monoisotopic (exact) mass is 629 g/mol. The summed E-state index contributed by atoms with van der Waals surface area (Å²) in [5, 5.41) is 46.8. The van der Waals surface area contributed by atoms with Gasteiger partial charge >= 0.3 is 5.69 Å². The van der Waals surface area contributed by atoms with Crippen LogP contribution in [-0.2, 0) is 25.6 Å². The Balaban J connectivity index is 1.66. The SMILES string of the molecule is NC(N)=NCCCC(NC(=O)Cn1ccc(N)nc1=O)C(=O)NC[C@H]1O[C@H](OC2[C@@H](N)C[C@@H](N)[C@H](O)[C@H]2O)[C@H](N)[C@@H](O)C1O. The molecule has 1 saturated heterocycles. The van der Waals surface area contributed by atoms with Crippen molar-refractivity contribution in [3.63, 3.8) is 0 Å². The zero-order chi connectivity index (χ0) is 32.7. The number of aliphatic hydroxyl groups is 4. The predicted octanol–water partition coefficient (Wildman–Crippen LogP) is -7.58. The minimum atomic E-state index is -1.57. The zero-order valence-electron chi connectivity index (χ0n) is 23.9. The summed E-state index contributed by atoms with van der Waals surface area (Å²) in [5.74, 6) is -1.55. The quantitative estimate of drug-likeness (QED) is 0.0580. The van der Waals surface area contributed by atoms with Gasteiger partial charge in [-0.05, 0) is 25.3 Å². The maximum Gasteiger partial charge on any atom is 0.349 e. The molecular weight excluding hydrogens is 586 g/mol. The Morgan fingerprint density at radius 2 is 1.82 bits per heavy atom. The average Bonchev–Trinajstić information content (AvgIpc) is 2.96. The molecule has 2 aliphatic rings. The van der Waals surface area contributed by atoms with Gasteiger partial charge in [0.25, 0.3) is 0 Å². The Kier molecular flexibility index (Phi) is 12.3. The zero-order valence-corrected chi connectivity index (χ0v) is 23.9. The number of hydrogen-bond acceptors (Lipinski definition) is 15. The third-order valence-electron chi connectivity index (χ3n) is 7.42. The largest absolute Gasteiger partial charge is 0.389 e. The number of nitrogens with one attached hydrogen (secondary N) is 2. The number of nitrogen functional groups attached to an aromatic ring is 1. The van der Waals surface area contributed by atoms with Crippen molar-refractivity contribution in [3.8, 4) is 0 Å². The second-order valence-corrected chi connectivity index (χ2v) is 10.8. The molecule has 18 N–H and O–H groups in total. The lowest BCUT2D eigenvalue weighted by molar-refractivity contribution is -0.288. The molecule has 2 fully saturated rings. The lowest BCUT2D eigenvalue weighted by atomic mass is 9.84. The number of nitrogens with two attached hydrogens (primary N) is 6. The van der Waals surface area contributed by atoms with Gasteiger partial charge in [-0.25, -0.2) is 4.79 Å². The van der Waals surface area contributed by atoms with Crippen molar-refractivity contribution in [1.82, 2.24) is 20.2 Å². The molecule has 2 heterocycles. The topological polar surface area (TPSA) is 361 Å². The number of carbonyl (C=O) groups excluding carboxylic acids is 2. The molecule has 3 unspecified atom stereocenters. The number of anilines is 1. The van der Waals surface area contributed by atoms with Crippen LogP contribution in [0.1, 0.15) is 19.3 Å². The van der Waals surface area contributed by atoms with Gasteiger partial charge in [0.15, 0.2) is 12.2 Å². The Labute approximate surface area is 251 Å². The van der Waals surface area contributed by atoms with E-state index < -0.39 is 91.1 Å². The van der Waals surface area contributed by atoms with Crippen LogP contribution in [0.4, 0.5) is 5.82 Å².